The molecule has 0 aromatic carbocycles. The molecule has 4 rings (SSSR count). The van der Waals surface area contributed by atoms with E-state index < -0.39 is 0 Å². The summed E-state index contributed by atoms with van der Waals surface area (Å²) in [6, 6.07) is 8.02. The summed E-state index contributed by atoms with van der Waals surface area (Å²) in [5, 5.41) is 10.8. The van der Waals surface area contributed by atoms with Gasteiger partial charge in [0.2, 0.25) is 11.8 Å². The number of piperidine rings is 2. The Morgan fingerprint density at radius 1 is 1.04 bits per heavy atom. The zero-order chi connectivity index (χ0) is 19.5. The highest BCUT2D eigenvalue weighted by atomic mass is 32.1. The molecule has 28 heavy (non-hydrogen) atoms. The van der Waals surface area contributed by atoms with Gasteiger partial charge in [-0.15, -0.1) is 21.5 Å². The zero-order valence-electron chi connectivity index (χ0n) is 15.8. The second-order valence-electron chi connectivity index (χ2n) is 7.54. The molecule has 4 heterocycles. The number of primary amides is 1. The van der Waals surface area contributed by atoms with Crippen LogP contribution >= 0.6 is 11.3 Å². The number of likely N-dealkylation sites (tertiary alicyclic amines) is 1. The minimum atomic E-state index is -0.250. The van der Waals surface area contributed by atoms with E-state index in [1.54, 1.807) is 11.3 Å². The molecule has 2 aromatic heterocycles. The summed E-state index contributed by atoms with van der Waals surface area (Å²) in [6.07, 6.45) is 3.20. The summed E-state index contributed by atoms with van der Waals surface area (Å²) in [5.74, 6) is 0.642. The van der Waals surface area contributed by atoms with Crippen LogP contribution < -0.4 is 10.6 Å². The maximum absolute atomic E-state index is 13.0. The van der Waals surface area contributed by atoms with Crippen LogP contribution in [0.2, 0.25) is 0 Å². The monoisotopic (exact) mass is 399 g/mol. The number of hydrogen-bond donors (Lipinski definition) is 1. The minimum absolute atomic E-state index is 0.0300. The first-order valence-electron chi connectivity index (χ1n) is 9.82. The number of aromatic nitrogens is 2. The van der Waals surface area contributed by atoms with Crippen LogP contribution in [-0.4, -0.2) is 53.1 Å². The molecule has 2 fully saturated rings. The Labute approximate surface area is 168 Å². The Bertz CT molecular complexity index is 816. The lowest BCUT2D eigenvalue weighted by Crippen LogP contribution is -2.48. The zero-order valence-corrected chi connectivity index (χ0v) is 16.6. The third-order valence-corrected chi connectivity index (χ3v) is 6.62. The third kappa shape index (κ3) is 4.01. The van der Waals surface area contributed by atoms with Crippen LogP contribution in [0.1, 0.15) is 25.7 Å². The van der Waals surface area contributed by atoms with Crippen LogP contribution in [0.3, 0.4) is 0 Å². The number of carbonyl (C=O) groups is 2. The first-order chi connectivity index (χ1) is 13.6. The van der Waals surface area contributed by atoms with E-state index in [1.807, 2.05) is 34.5 Å². The van der Waals surface area contributed by atoms with Crippen LogP contribution in [0.5, 0.6) is 0 Å². The van der Waals surface area contributed by atoms with Crippen LogP contribution in [0.25, 0.3) is 10.6 Å². The maximum Gasteiger partial charge on any atom is 0.227 e. The number of anilines is 1. The molecular formula is C20H25N5O2S. The first-order valence-corrected chi connectivity index (χ1v) is 10.7. The molecular weight excluding hydrogens is 374 g/mol. The Hall–Kier alpha value is -2.48. The van der Waals surface area contributed by atoms with Gasteiger partial charge in [-0.2, -0.15) is 0 Å². The number of carbonyl (C=O) groups excluding carboxylic acids is 2. The van der Waals surface area contributed by atoms with E-state index >= 15 is 0 Å². The van der Waals surface area contributed by atoms with Gasteiger partial charge in [0.1, 0.15) is 5.69 Å². The summed E-state index contributed by atoms with van der Waals surface area (Å²) in [7, 11) is 0. The molecule has 2 aliphatic heterocycles. The highest BCUT2D eigenvalue weighted by Gasteiger charge is 2.33. The molecule has 2 aromatic rings. The summed E-state index contributed by atoms with van der Waals surface area (Å²) in [5.41, 5.74) is 6.27. The van der Waals surface area contributed by atoms with Gasteiger partial charge in [-0.1, -0.05) is 6.07 Å². The molecule has 148 valence electrons. The normalized spacial score (nSPS) is 20.9. The van der Waals surface area contributed by atoms with Gasteiger partial charge in [-0.3, -0.25) is 9.59 Å². The van der Waals surface area contributed by atoms with Gasteiger partial charge < -0.3 is 15.5 Å². The molecule has 1 unspecified atom stereocenters. The predicted octanol–water partition coefficient (Wildman–Crippen LogP) is 2.15. The van der Waals surface area contributed by atoms with Gasteiger partial charge >= 0.3 is 0 Å². The lowest BCUT2D eigenvalue weighted by atomic mass is 9.92. The number of nitrogens with zero attached hydrogens (tertiary/aromatic N) is 4. The molecule has 1 atom stereocenters. The highest BCUT2D eigenvalue weighted by molar-refractivity contribution is 7.13. The van der Waals surface area contributed by atoms with E-state index in [1.165, 1.54) is 0 Å². The topological polar surface area (TPSA) is 92.4 Å². The first kappa shape index (κ1) is 18.9. The van der Waals surface area contributed by atoms with Crippen LogP contribution in [0, 0.1) is 11.8 Å². The molecule has 2 amide bonds. The molecule has 0 radical (unpaired) electrons. The number of amides is 2. The van der Waals surface area contributed by atoms with Crippen LogP contribution in [-0.2, 0) is 9.59 Å². The number of nitrogens with two attached hydrogens (primary N) is 1. The molecule has 0 aliphatic carbocycles. The second-order valence-corrected chi connectivity index (χ2v) is 8.49. The Morgan fingerprint density at radius 2 is 1.86 bits per heavy atom. The maximum atomic E-state index is 13.0. The Kier molecular flexibility index (Phi) is 5.57. The summed E-state index contributed by atoms with van der Waals surface area (Å²) >= 11 is 1.64. The van der Waals surface area contributed by atoms with Gasteiger partial charge in [0.25, 0.3) is 0 Å². The van der Waals surface area contributed by atoms with E-state index in [4.69, 9.17) is 5.73 Å². The van der Waals surface area contributed by atoms with Gasteiger partial charge in [0, 0.05) is 32.1 Å². The predicted molar refractivity (Wildman–Crippen MR) is 109 cm³/mol. The average molecular weight is 400 g/mol. The minimum Gasteiger partial charge on any atom is -0.369 e. The quantitative estimate of drug-likeness (QED) is 0.850. The van der Waals surface area contributed by atoms with Crippen molar-refractivity contribution in [2.75, 3.05) is 31.1 Å². The molecule has 2 saturated heterocycles. The molecule has 0 saturated carbocycles. The van der Waals surface area contributed by atoms with Crippen molar-refractivity contribution in [3.63, 3.8) is 0 Å². The third-order valence-electron chi connectivity index (χ3n) is 5.73. The van der Waals surface area contributed by atoms with E-state index in [0.717, 1.165) is 35.8 Å². The van der Waals surface area contributed by atoms with Crippen molar-refractivity contribution >= 4 is 29.0 Å². The van der Waals surface area contributed by atoms with Crippen molar-refractivity contribution in [1.29, 1.82) is 0 Å². The Morgan fingerprint density at radius 3 is 2.50 bits per heavy atom. The smallest absolute Gasteiger partial charge is 0.227 e. The van der Waals surface area contributed by atoms with Gasteiger partial charge in [-0.25, -0.2) is 0 Å². The molecule has 8 heteroatoms. The lowest BCUT2D eigenvalue weighted by Gasteiger charge is -2.37. The van der Waals surface area contributed by atoms with E-state index in [2.05, 4.69) is 15.1 Å². The number of rotatable bonds is 4. The fourth-order valence-corrected chi connectivity index (χ4v) is 4.77. The molecule has 0 bridgehead atoms. The second kappa shape index (κ2) is 8.26. The molecule has 2 aliphatic rings. The van der Waals surface area contributed by atoms with Crippen molar-refractivity contribution in [3.8, 4) is 10.6 Å². The standard InChI is InChI=1S/C20H25N5O2S/c21-19(26)14-7-10-24(11-8-14)20(27)15-3-1-9-25(13-15)18-6-5-16(22-23-18)17-4-2-12-28-17/h2,4-6,12,14-15H,1,3,7-11,13H2,(H2,21,26). The van der Waals surface area contributed by atoms with Gasteiger partial charge in [-0.05, 0) is 49.3 Å². The molecule has 2 N–H and O–H groups in total. The van der Waals surface area contributed by atoms with Crippen molar-refractivity contribution < 1.29 is 9.59 Å². The van der Waals surface area contributed by atoms with Gasteiger partial charge in [0.15, 0.2) is 5.82 Å². The fourth-order valence-electron chi connectivity index (χ4n) is 4.08. The number of thiophene rings is 1. The van der Waals surface area contributed by atoms with Gasteiger partial charge in [0.05, 0.1) is 10.8 Å². The van der Waals surface area contributed by atoms with E-state index in [0.29, 0.717) is 32.5 Å². The van der Waals surface area contributed by atoms with Crippen molar-refractivity contribution in [3.05, 3.63) is 29.6 Å². The molecule has 0 spiro atoms. The Balaban J connectivity index is 1.38. The fraction of sp³-hybridized carbons (Fsp3) is 0.500. The summed E-state index contributed by atoms with van der Waals surface area (Å²) < 4.78 is 0. The van der Waals surface area contributed by atoms with Crippen molar-refractivity contribution in [1.82, 2.24) is 15.1 Å². The SMILES string of the molecule is NC(=O)C1CCN(C(=O)C2CCCN(c3ccc(-c4cccs4)nn3)C2)CC1. The van der Waals surface area contributed by atoms with Crippen molar-refractivity contribution in [2.45, 2.75) is 25.7 Å². The molecule has 7 nitrogen and oxygen atoms in total. The van der Waals surface area contributed by atoms with Crippen LogP contribution in [0.4, 0.5) is 5.82 Å². The number of hydrogen-bond acceptors (Lipinski definition) is 6. The average Bonchev–Trinajstić information content (AvgIpc) is 3.28. The lowest BCUT2D eigenvalue weighted by molar-refractivity contribution is -0.138. The van der Waals surface area contributed by atoms with Crippen molar-refractivity contribution in [2.24, 2.45) is 17.6 Å². The largest absolute Gasteiger partial charge is 0.369 e. The van der Waals surface area contributed by atoms with E-state index in [-0.39, 0.29) is 23.7 Å². The van der Waals surface area contributed by atoms with Crippen LogP contribution in [0.15, 0.2) is 29.6 Å². The van der Waals surface area contributed by atoms with E-state index in [9.17, 15) is 9.59 Å². The summed E-state index contributed by atoms with van der Waals surface area (Å²) in [4.78, 5) is 29.5. The summed E-state index contributed by atoms with van der Waals surface area (Å²) in [6.45, 7) is 2.80. The highest BCUT2D eigenvalue weighted by Crippen LogP contribution is 2.27.